The van der Waals surface area contributed by atoms with Gasteiger partial charge in [0.2, 0.25) is 6.79 Å². The van der Waals surface area contributed by atoms with E-state index in [1.54, 1.807) is 0 Å². The van der Waals surface area contributed by atoms with Gasteiger partial charge in [0.05, 0.1) is 6.04 Å². The van der Waals surface area contributed by atoms with Gasteiger partial charge in [-0.2, -0.15) is 0 Å². The maximum atomic E-state index is 12.0. The first kappa shape index (κ1) is 17.4. The quantitative estimate of drug-likeness (QED) is 0.810. The molecular formula is C17H27N3O3. The highest BCUT2D eigenvalue weighted by molar-refractivity contribution is 5.74. The summed E-state index contributed by atoms with van der Waals surface area (Å²) >= 11 is 0. The molecular weight excluding hydrogens is 294 g/mol. The summed E-state index contributed by atoms with van der Waals surface area (Å²) in [4.78, 5) is 14.2. The highest BCUT2D eigenvalue weighted by atomic mass is 16.7. The van der Waals surface area contributed by atoms with E-state index in [0.29, 0.717) is 12.6 Å². The van der Waals surface area contributed by atoms with Crippen molar-refractivity contribution in [2.24, 2.45) is 0 Å². The standard InChI is InChI=1S/C17H27N3O3/c1-5-12(2)20(4)9-8-18-17(21)19-13(3)14-6-7-15-16(10-14)23-11-22-15/h6-7,10,12-13H,5,8-9,11H2,1-4H3,(H2,18,19,21). The number of urea groups is 1. The van der Waals surface area contributed by atoms with E-state index in [-0.39, 0.29) is 18.9 Å². The number of nitrogens with one attached hydrogen (secondary N) is 2. The molecule has 0 aromatic heterocycles. The third kappa shape index (κ3) is 4.76. The van der Waals surface area contributed by atoms with Gasteiger partial charge in [0, 0.05) is 19.1 Å². The van der Waals surface area contributed by atoms with Crippen LogP contribution < -0.4 is 20.1 Å². The van der Waals surface area contributed by atoms with Gasteiger partial charge in [-0.25, -0.2) is 4.79 Å². The van der Waals surface area contributed by atoms with Gasteiger partial charge >= 0.3 is 6.03 Å². The van der Waals surface area contributed by atoms with Gasteiger partial charge in [-0.1, -0.05) is 13.0 Å². The Hall–Kier alpha value is -1.95. The molecule has 0 saturated carbocycles. The molecule has 2 N–H and O–H groups in total. The molecule has 1 aliphatic rings. The second kappa shape index (κ2) is 8.06. The molecule has 0 aliphatic carbocycles. The van der Waals surface area contributed by atoms with Crippen LogP contribution in [0.4, 0.5) is 4.79 Å². The van der Waals surface area contributed by atoms with Crippen molar-refractivity contribution in [2.45, 2.75) is 39.3 Å². The van der Waals surface area contributed by atoms with Gasteiger partial charge in [-0.3, -0.25) is 0 Å². The number of likely N-dealkylation sites (N-methyl/N-ethyl adjacent to an activating group) is 1. The molecule has 6 nitrogen and oxygen atoms in total. The molecule has 2 amide bonds. The van der Waals surface area contributed by atoms with Crippen molar-refractivity contribution >= 4 is 6.03 Å². The number of carbonyl (C=O) groups is 1. The maximum absolute atomic E-state index is 12.0. The summed E-state index contributed by atoms with van der Waals surface area (Å²) in [5.74, 6) is 1.48. The second-order valence-corrected chi connectivity index (χ2v) is 5.97. The van der Waals surface area contributed by atoms with Gasteiger partial charge in [0.1, 0.15) is 0 Å². The van der Waals surface area contributed by atoms with Crippen LogP contribution in [0.3, 0.4) is 0 Å². The Labute approximate surface area is 138 Å². The zero-order valence-corrected chi connectivity index (χ0v) is 14.4. The van der Waals surface area contributed by atoms with Crippen LogP contribution in [0.1, 0.15) is 38.8 Å². The number of amides is 2. The molecule has 23 heavy (non-hydrogen) atoms. The molecule has 1 aromatic carbocycles. The van der Waals surface area contributed by atoms with Crippen LogP contribution in [0.2, 0.25) is 0 Å². The average molecular weight is 321 g/mol. The molecule has 2 atom stereocenters. The van der Waals surface area contributed by atoms with Crippen molar-refractivity contribution < 1.29 is 14.3 Å². The zero-order chi connectivity index (χ0) is 16.8. The predicted molar refractivity (Wildman–Crippen MR) is 89.9 cm³/mol. The summed E-state index contributed by atoms with van der Waals surface area (Å²) in [5.41, 5.74) is 0.987. The largest absolute Gasteiger partial charge is 0.454 e. The van der Waals surface area contributed by atoms with E-state index in [2.05, 4.69) is 36.4 Å². The monoisotopic (exact) mass is 321 g/mol. The van der Waals surface area contributed by atoms with E-state index in [4.69, 9.17) is 9.47 Å². The Bertz CT molecular complexity index is 536. The number of benzene rings is 1. The molecule has 6 heteroatoms. The molecule has 1 heterocycles. The molecule has 128 valence electrons. The molecule has 2 unspecified atom stereocenters. The normalized spacial score (nSPS) is 15.3. The van der Waals surface area contributed by atoms with Crippen LogP contribution in [0.15, 0.2) is 18.2 Å². The second-order valence-electron chi connectivity index (χ2n) is 5.97. The van der Waals surface area contributed by atoms with E-state index in [0.717, 1.165) is 30.0 Å². The first-order valence-corrected chi connectivity index (χ1v) is 8.15. The lowest BCUT2D eigenvalue weighted by Crippen LogP contribution is -2.42. The summed E-state index contributed by atoms with van der Waals surface area (Å²) in [6.45, 7) is 8.00. The Balaban J connectivity index is 1.76. The molecule has 0 spiro atoms. The number of rotatable bonds is 7. The number of ether oxygens (including phenoxy) is 2. The van der Waals surface area contributed by atoms with Crippen molar-refractivity contribution in [1.82, 2.24) is 15.5 Å². The van der Waals surface area contributed by atoms with E-state index in [1.165, 1.54) is 0 Å². The van der Waals surface area contributed by atoms with Crippen LogP contribution >= 0.6 is 0 Å². The molecule has 1 aliphatic heterocycles. The maximum Gasteiger partial charge on any atom is 0.315 e. The predicted octanol–water partition coefficient (Wildman–Crippen LogP) is 2.51. The summed E-state index contributed by atoms with van der Waals surface area (Å²) in [5, 5.41) is 5.84. The Morgan fingerprint density at radius 2 is 2.04 bits per heavy atom. The van der Waals surface area contributed by atoms with Crippen molar-refractivity contribution in [3.05, 3.63) is 23.8 Å². The fraction of sp³-hybridized carbons (Fsp3) is 0.588. The lowest BCUT2D eigenvalue weighted by molar-refractivity contribution is 0.174. The smallest absolute Gasteiger partial charge is 0.315 e. The third-order valence-corrected chi connectivity index (χ3v) is 4.34. The number of nitrogens with zero attached hydrogens (tertiary/aromatic N) is 1. The minimum Gasteiger partial charge on any atom is -0.454 e. The first-order valence-electron chi connectivity index (χ1n) is 8.15. The summed E-state index contributed by atoms with van der Waals surface area (Å²) < 4.78 is 10.7. The van der Waals surface area contributed by atoms with E-state index in [9.17, 15) is 4.79 Å². The summed E-state index contributed by atoms with van der Waals surface area (Å²) in [6, 6.07) is 5.98. The zero-order valence-electron chi connectivity index (χ0n) is 14.4. The molecule has 0 bridgehead atoms. The number of hydrogen-bond donors (Lipinski definition) is 2. The van der Waals surface area contributed by atoms with Crippen molar-refractivity contribution in [3.63, 3.8) is 0 Å². The Kier molecular flexibility index (Phi) is 6.10. The van der Waals surface area contributed by atoms with E-state index >= 15 is 0 Å². The topological polar surface area (TPSA) is 62.8 Å². The highest BCUT2D eigenvalue weighted by Crippen LogP contribution is 2.34. The Morgan fingerprint density at radius 3 is 2.78 bits per heavy atom. The van der Waals surface area contributed by atoms with Crippen LogP contribution in [-0.4, -0.2) is 43.9 Å². The van der Waals surface area contributed by atoms with Crippen molar-refractivity contribution in [2.75, 3.05) is 26.9 Å². The number of fused-ring (bicyclic) bond motifs is 1. The first-order chi connectivity index (χ1) is 11.0. The van der Waals surface area contributed by atoms with Gasteiger partial charge in [0.25, 0.3) is 0 Å². The van der Waals surface area contributed by atoms with Gasteiger partial charge in [-0.15, -0.1) is 0 Å². The SMILES string of the molecule is CCC(C)N(C)CCNC(=O)NC(C)c1ccc2c(c1)OCO2. The molecule has 1 aromatic rings. The molecule has 2 rings (SSSR count). The molecule has 0 radical (unpaired) electrons. The van der Waals surface area contributed by atoms with Crippen molar-refractivity contribution in [3.8, 4) is 11.5 Å². The summed E-state index contributed by atoms with van der Waals surface area (Å²) in [6.07, 6.45) is 1.10. The van der Waals surface area contributed by atoms with Gasteiger partial charge in [-0.05, 0) is 45.0 Å². The lowest BCUT2D eigenvalue weighted by Gasteiger charge is -2.23. The van der Waals surface area contributed by atoms with Crippen LogP contribution in [-0.2, 0) is 0 Å². The molecule has 0 fully saturated rings. The van der Waals surface area contributed by atoms with Crippen molar-refractivity contribution in [1.29, 1.82) is 0 Å². The van der Waals surface area contributed by atoms with Crippen LogP contribution in [0, 0.1) is 0 Å². The average Bonchev–Trinajstić information content (AvgIpc) is 3.01. The van der Waals surface area contributed by atoms with Crippen LogP contribution in [0.5, 0.6) is 11.5 Å². The molecule has 0 saturated heterocycles. The number of hydrogen-bond acceptors (Lipinski definition) is 4. The van der Waals surface area contributed by atoms with Gasteiger partial charge < -0.3 is 25.0 Å². The minimum atomic E-state index is -0.160. The number of carbonyl (C=O) groups excluding carboxylic acids is 1. The highest BCUT2D eigenvalue weighted by Gasteiger charge is 2.16. The van der Waals surface area contributed by atoms with Gasteiger partial charge in [0.15, 0.2) is 11.5 Å². The fourth-order valence-corrected chi connectivity index (χ4v) is 2.39. The summed E-state index contributed by atoms with van der Waals surface area (Å²) in [7, 11) is 2.07. The van der Waals surface area contributed by atoms with E-state index < -0.39 is 0 Å². The lowest BCUT2D eigenvalue weighted by atomic mass is 10.1. The Morgan fingerprint density at radius 1 is 1.30 bits per heavy atom. The minimum absolute atomic E-state index is 0.100. The fourth-order valence-electron chi connectivity index (χ4n) is 2.39. The van der Waals surface area contributed by atoms with E-state index in [1.807, 2.05) is 25.1 Å². The third-order valence-electron chi connectivity index (χ3n) is 4.34. The van der Waals surface area contributed by atoms with Crippen LogP contribution in [0.25, 0.3) is 0 Å².